The molecule has 0 spiro atoms. The van der Waals surface area contributed by atoms with E-state index in [4.69, 9.17) is 0 Å². The molecule has 2 amide bonds. The number of nitrogens with zero attached hydrogens (tertiary/aromatic N) is 2. The zero-order valence-corrected chi connectivity index (χ0v) is 22.0. The molecule has 1 atom stereocenters. The van der Waals surface area contributed by atoms with Gasteiger partial charge in [0.05, 0.1) is 6.42 Å². The van der Waals surface area contributed by atoms with E-state index in [1.165, 1.54) is 17.5 Å². The van der Waals surface area contributed by atoms with E-state index in [0.29, 0.717) is 13.0 Å². The number of amides is 2. The number of carbonyl (C=O) groups is 2. The van der Waals surface area contributed by atoms with E-state index in [2.05, 4.69) is 34.3 Å². The van der Waals surface area contributed by atoms with Crippen molar-refractivity contribution < 1.29 is 9.59 Å². The first-order valence-corrected chi connectivity index (χ1v) is 13.7. The van der Waals surface area contributed by atoms with E-state index < -0.39 is 6.04 Å². The molecular weight excluding hydrogens is 472 g/mol. The van der Waals surface area contributed by atoms with Crippen molar-refractivity contribution in [3.63, 3.8) is 0 Å². The molecule has 38 heavy (non-hydrogen) atoms. The molecule has 4 aromatic rings. The number of para-hydroxylation sites is 1. The van der Waals surface area contributed by atoms with Gasteiger partial charge in [-0.3, -0.25) is 14.6 Å². The van der Waals surface area contributed by atoms with Crippen LogP contribution in [0.15, 0.2) is 79.3 Å². The Labute approximate surface area is 224 Å². The minimum atomic E-state index is -0.721. The maximum atomic E-state index is 14.1. The molecule has 0 saturated heterocycles. The maximum absolute atomic E-state index is 14.1. The molecule has 2 N–H and O–H groups in total. The molecule has 6 nitrogen and oxygen atoms in total. The number of aromatic nitrogens is 2. The number of rotatable bonds is 9. The molecular formula is C32H36N4O2. The van der Waals surface area contributed by atoms with E-state index in [9.17, 15) is 9.59 Å². The molecule has 5 rings (SSSR count). The molecule has 1 saturated carbocycles. The van der Waals surface area contributed by atoms with Crippen LogP contribution in [0.3, 0.4) is 0 Å². The Morgan fingerprint density at radius 1 is 0.974 bits per heavy atom. The molecule has 1 aliphatic rings. The highest BCUT2D eigenvalue weighted by Crippen LogP contribution is 2.26. The summed E-state index contributed by atoms with van der Waals surface area (Å²) < 4.78 is 0. The van der Waals surface area contributed by atoms with Gasteiger partial charge in [0, 0.05) is 42.1 Å². The number of benzene rings is 2. The third-order valence-corrected chi connectivity index (χ3v) is 7.75. The molecule has 1 fully saturated rings. The van der Waals surface area contributed by atoms with Gasteiger partial charge < -0.3 is 15.2 Å². The monoisotopic (exact) mass is 508 g/mol. The van der Waals surface area contributed by atoms with E-state index in [0.717, 1.165) is 47.7 Å². The predicted molar refractivity (Wildman–Crippen MR) is 151 cm³/mol. The highest BCUT2D eigenvalue weighted by atomic mass is 16.2. The van der Waals surface area contributed by atoms with Crippen molar-refractivity contribution in [1.29, 1.82) is 0 Å². The van der Waals surface area contributed by atoms with Crippen molar-refractivity contribution in [2.75, 3.05) is 6.54 Å². The molecule has 6 heteroatoms. The largest absolute Gasteiger partial charge is 0.361 e. The number of pyridine rings is 1. The number of fused-ring (bicyclic) bond motifs is 1. The minimum Gasteiger partial charge on any atom is -0.361 e. The lowest BCUT2D eigenvalue weighted by atomic mass is 9.94. The van der Waals surface area contributed by atoms with Crippen molar-refractivity contribution in [3.05, 3.63) is 102 Å². The topological polar surface area (TPSA) is 78.1 Å². The van der Waals surface area contributed by atoms with Crippen LogP contribution in [-0.4, -0.2) is 39.3 Å². The quantitative estimate of drug-likeness (QED) is 0.306. The number of nitrogens with one attached hydrogen (secondary N) is 2. The van der Waals surface area contributed by atoms with Gasteiger partial charge in [-0.1, -0.05) is 61.7 Å². The van der Waals surface area contributed by atoms with Gasteiger partial charge in [-0.25, -0.2) is 0 Å². The molecule has 2 aromatic heterocycles. The zero-order valence-electron chi connectivity index (χ0n) is 22.0. The van der Waals surface area contributed by atoms with Crippen molar-refractivity contribution in [2.24, 2.45) is 0 Å². The summed E-state index contributed by atoms with van der Waals surface area (Å²) in [5.74, 6) is -0.177. The summed E-state index contributed by atoms with van der Waals surface area (Å²) in [6.45, 7) is 2.53. The average molecular weight is 509 g/mol. The van der Waals surface area contributed by atoms with E-state index in [-0.39, 0.29) is 24.3 Å². The van der Waals surface area contributed by atoms with Gasteiger partial charge in [-0.05, 0) is 66.6 Å². The zero-order chi connectivity index (χ0) is 26.3. The molecule has 0 radical (unpaired) electrons. The number of aromatic amines is 1. The number of hydrogen-bond acceptors (Lipinski definition) is 3. The third-order valence-electron chi connectivity index (χ3n) is 7.75. The lowest BCUT2D eigenvalue weighted by Crippen LogP contribution is -2.48. The summed E-state index contributed by atoms with van der Waals surface area (Å²) in [7, 11) is 0. The van der Waals surface area contributed by atoms with E-state index in [1.807, 2.05) is 54.7 Å². The fraction of sp³-hybridized carbons (Fsp3) is 0.344. The highest BCUT2D eigenvalue weighted by molar-refractivity contribution is 5.92. The van der Waals surface area contributed by atoms with Crippen LogP contribution in [0.2, 0.25) is 0 Å². The fourth-order valence-electron chi connectivity index (χ4n) is 5.62. The lowest BCUT2D eigenvalue weighted by molar-refractivity contribution is -0.140. The number of aryl methyl sites for hydroxylation is 1. The summed E-state index contributed by atoms with van der Waals surface area (Å²) in [4.78, 5) is 37.2. The summed E-state index contributed by atoms with van der Waals surface area (Å²) in [5.41, 5.74) is 5.09. The van der Waals surface area contributed by atoms with Gasteiger partial charge in [0.1, 0.15) is 6.04 Å². The standard InChI is InChI=1S/C32H36N4O2/c1-23-9-5-6-10-24(23)17-20-36(30(37)21-26-22-34-29-14-8-7-13-28(26)29)31(25-15-18-33-19-16-25)32(38)35-27-11-3-2-4-12-27/h5-10,13-16,18-19,22,27,31,34H,2-4,11-12,17,20-21H2,1H3,(H,35,38)/t31-/m0/s1. The van der Waals surface area contributed by atoms with E-state index >= 15 is 0 Å². The average Bonchev–Trinajstić information content (AvgIpc) is 3.35. The van der Waals surface area contributed by atoms with Gasteiger partial charge >= 0.3 is 0 Å². The van der Waals surface area contributed by atoms with Crippen LogP contribution >= 0.6 is 0 Å². The fourth-order valence-corrected chi connectivity index (χ4v) is 5.62. The van der Waals surface area contributed by atoms with Crippen LogP contribution < -0.4 is 5.32 Å². The summed E-state index contributed by atoms with van der Waals surface area (Å²) in [6.07, 6.45) is 11.6. The van der Waals surface area contributed by atoms with Gasteiger partial charge in [0.2, 0.25) is 11.8 Å². The van der Waals surface area contributed by atoms with Gasteiger partial charge in [0.15, 0.2) is 0 Å². The molecule has 196 valence electrons. The summed E-state index contributed by atoms with van der Waals surface area (Å²) in [5, 5.41) is 4.33. The van der Waals surface area contributed by atoms with Crippen molar-refractivity contribution in [1.82, 2.24) is 20.2 Å². The molecule has 0 bridgehead atoms. The van der Waals surface area contributed by atoms with Gasteiger partial charge in [-0.2, -0.15) is 0 Å². The van der Waals surface area contributed by atoms with Crippen LogP contribution in [0.4, 0.5) is 0 Å². The molecule has 2 heterocycles. The van der Waals surface area contributed by atoms with Crippen LogP contribution in [0, 0.1) is 6.92 Å². The Bertz CT molecular complexity index is 1370. The molecule has 0 aliphatic heterocycles. The van der Waals surface area contributed by atoms with Gasteiger partial charge in [0.25, 0.3) is 0 Å². The first-order valence-electron chi connectivity index (χ1n) is 13.7. The second-order valence-electron chi connectivity index (χ2n) is 10.3. The Balaban J connectivity index is 1.47. The Kier molecular flexibility index (Phi) is 8.17. The number of H-pyrrole nitrogens is 1. The number of carbonyl (C=O) groups excluding carboxylic acids is 2. The Hall–Kier alpha value is -3.93. The second kappa shape index (κ2) is 12.1. The smallest absolute Gasteiger partial charge is 0.247 e. The molecule has 0 unspecified atom stereocenters. The minimum absolute atomic E-state index is 0.0658. The Morgan fingerprint density at radius 2 is 1.71 bits per heavy atom. The van der Waals surface area contributed by atoms with Crippen molar-refractivity contribution in [2.45, 2.75) is 64.0 Å². The normalized spacial score (nSPS) is 14.8. The summed E-state index contributed by atoms with van der Waals surface area (Å²) in [6, 6.07) is 19.4. The first kappa shape index (κ1) is 25.7. The Morgan fingerprint density at radius 3 is 2.50 bits per heavy atom. The molecule has 2 aromatic carbocycles. The first-order chi connectivity index (χ1) is 18.6. The van der Waals surface area contributed by atoms with Crippen LogP contribution in [0.5, 0.6) is 0 Å². The van der Waals surface area contributed by atoms with Crippen LogP contribution in [0.25, 0.3) is 10.9 Å². The number of hydrogen-bond donors (Lipinski definition) is 2. The predicted octanol–water partition coefficient (Wildman–Crippen LogP) is 5.68. The maximum Gasteiger partial charge on any atom is 0.247 e. The SMILES string of the molecule is Cc1ccccc1CCN(C(=O)Cc1c[nH]c2ccccc12)[C@H](C(=O)NC1CCCCC1)c1ccncc1. The second-order valence-corrected chi connectivity index (χ2v) is 10.3. The van der Waals surface area contributed by atoms with Crippen molar-refractivity contribution in [3.8, 4) is 0 Å². The van der Waals surface area contributed by atoms with Crippen LogP contribution in [-0.2, 0) is 22.4 Å². The van der Waals surface area contributed by atoms with Gasteiger partial charge in [-0.15, -0.1) is 0 Å². The molecule has 1 aliphatic carbocycles. The lowest BCUT2D eigenvalue weighted by Gasteiger charge is -2.33. The highest BCUT2D eigenvalue weighted by Gasteiger charge is 2.33. The third kappa shape index (κ3) is 5.96. The van der Waals surface area contributed by atoms with Crippen molar-refractivity contribution >= 4 is 22.7 Å². The van der Waals surface area contributed by atoms with Crippen LogP contribution in [0.1, 0.15) is 60.4 Å². The summed E-state index contributed by atoms with van der Waals surface area (Å²) >= 11 is 0. The van der Waals surface area contributed by atoms with E-state index in [1.54, 1.807) is 17.3 Å².